The van der Waals surface area contributed by atoms with E-state index in [9.17, 15) is 9.59 Å². The van der Waals surface area contributed by atoms with Crippen molar-refractivity contribution in [2.75, 3.05) is 7.11 Å². The lowest BCUT2D eigenvalue weighted by Gasteiger charge is -2.07. The van der Waals surface area contributed by atoms with Gasteiger partial charge in [0.15, 0.2) is 6.29 Å². The van der Waals surface area contributed by atoms with Crippen molar-refractivity contribution in [3.05, 3.63) is 72.3 Å². The van der Waals surface area contributed by atoms with Crippen LogP contribution in [0.25, 0.3) is 44.1 Å². The summed E-state index contributed by atoms with van der Waals surface area (Å²) in [6, 6.07) is 15.7. The van der Waals surface area contributed by atoms with Gasteiger partial charge < -0.3 is 19.7 Å². The summed E-state index contributed by atoms with van der Waals surface area (Å²) >= 11 is 0. The van der Waals surface area contributed by atoms with Crippen molar-refractivity contribution in [2.24, 2.45) is 0 Å². The number of rotatable bonds is 4. The Labute approximate surface area is 165 Å². The normalized spacial score (nSPS) is 11.2. The van der Waals surface area contributed by atoms with Gasteiger partial charge in [0, 0.05) is 56.5 Å². The third-order valence-corrected chi connectivity index (χ3v) is 5.25. The molecule has 0 fully saturated rings. The van der Waals surface area contributed by atoms with Crippen molar-refractivity contribution in [1.82, 2.24) is 15.0 Å². The van der Waals surface area contributed by atoms with Crippen LogP contribution in [0.4, 0.5) is 0 Å². The molecule has 0 aliphatic heterocycles. The molecule has 0 aliphatic carbocycles. The van der Waals surface area contributed by atoms with Crippen molar-refractivity contribution in [3.63, 3.8) is 0 Å². The number of aromatic amines is 3. The van der Waals surface area contributed by atoms with Gasteiger partial charge >= 0.3 is 5.97 Å². The molecular weight excluding hydrogens is 366 g/mol. The number of para-hydroxylation sites is 2. The summed E-state index contributed by atoms with van der Waals surface area (Å²) in [7, 11) is 1.33. The maximum absolute atomic E-state index is 12.6. The summed E-state index contributed by atoms with van der Waals surface area (Å²) < 4.78 is 5.00. The molecule has 5 aromatic rings. The summed E-state index contributed by atoms with van der Waals surface area (Å²) in [4.78, 5) is 34.0. The van der Waals surface area contributed by atoms with Crippen LogP contribution in [0.1, 0.15) is 21.0 Å². The quantitative estimate of drug-likeness (QED) is 0.304. The van der Waals surface area contributed by atoms with Gasteiger partial charge in [-0.1, -0.05) is 36.4 Å². The summed E-state index contributed by atoms with van der Waals surface area (Å²) in [5, 5.41) is 1.92. The Hall–Kier alpha value is -4.06. The van der Waals surface area contributed by atoms with Crippen molar-refractivity contribution in [2.45, 2.75) is 0 Å². The number of H-pyrrole nitrogens is 3. The van der Waals surface area contributed by atoms with E-state index in [-0.39, 0.29) is 5.69 Å². The number of carbonyl (C=O) groups is 2. The second kappa shape index (κ2) is 6.53. The molecule has 2 aromatic carbocycles. The Kier molecular flexibility index (Phi) is 3.84. The van der Waals surface area contributed by atoms with E-state index in [1.165, 1.54) is 7.11 Å². The van der Waals surface area contributed by atoms with Crippen LogP contribution >= 0.6 is 0 Å². The molecule has 6 heteroatoms. The van der Waals surface area contributed by atoms with Gasteiger partial charge in [-0.2, -0.15) is 0 Å². The second-order valence-electron chi connectivity index (χ2n) is 6.77. The Bertz CT molecular complexity index is 1390. The van der Waals surface area contributed by atoms with Crippen LogP contribution in [-0.2, 0) is 4.74 Å². The van der Waals surface area contributed by atoms with Crippen LogP contribution < -0.4 is 0 Å². The second-order valence-corrected chi connectivity index (χ2v) is 6.77. The van der Waals surface area contributed by atoms with Crippen molar-refractivity contribution in [3.8, 4) is 22.3 Å². The summed E-state index contributed by atoms with van der Waals surface area (Å²) in [6.07, 6.45) is 4.45. The SMILES string of the molecule is COC(=O)c1[nH]c(C=O)c(-c2c[nH]c3ccccc23)c1-c1c[nH]c2ccccc12. The highest BCUT2D eigenvalue weighted by Gasteiger charge is 2.27. The largest absolute Gasteiger partial charge is 0.464 e. The molecule has 0 bridgehead atoms. The maximum atomic E-state index is 12.6. The zero-order valence-corrected chi connectivity index (χ0v) is 15.6. The number of fused-ring (bicyclic) bond motifs is 2. The molecule has 142 valence electrons. The fourth-order valence-corrected chi connectivity index (χ4v) is 3.97. The first kappa shape index (κ1) is 17.1. The van der Waals surface area contributed by atoms with Gasteiger partial charge in [0.2, 0.25) is 0 Å². The lowest BCUT2D eigenvalue weighted by molar-refractivity contribution is 0.0595. The minimum absolute atomic E-state index is 0.250. The number of carbonyl (C=O) groups excluding carboxylic acids is 2. The van der Waals surface area contributed by atoms with Crippen LogP contribution in [0.3, 0.4) is 0 Å². The Morgan fingerprint density at radius 3 is 1.97 bits per heavy atom. The lowest BCUT2D eigenvalue weighted by atomic mass is 9.94. The molecule has 5 rings (SSSR count). The highest BCUT2D eigenvalue weighted by Crippen LogP contribution is 2.43. The smallest absolute Gasteiger partial charge is 0.355 e. The Balaban J connectivity index is 1.91. The maximum Gasteiger partial charge on any atom is 0.355 e. The molecule has 3 aromatic heterocycles. The first-order chi connectivity index (χ1) is 14.2. The number of esters is 1. The number of aldehydes is 1. The highest BCUT2D eigenvalue weighted by atomic mass is 16.5. The number of aromatic nitrogens is 3. The van der Waals surface area contributed by atoms with Gasteiger partial charge in [-0.25, -0.2) is 4.79 Å². The molecule has 29 heavy (non-hydrogen) atoms. The van der Waals surface area contributed by atoms with E-state index >= 15 is 0 Å². The number of methoxy groups -OCH3 is 1. The molecule has 0 unspecified atom stereocenters. The Morgan fingerprint density at radius 2 is 1.41 bits per heavy atom. The van der Waals surface area contributed by atoms with Gasteiger partial charge in [-0.05, 0) is 12.1 Å². The zero-order chi connectivity index (χ0) is 20.0. The predicted octanol–water partition coefficient (Wildman–Crippen LogP) is 4.91. The van der Waals surface area contributed by atoms with E-state index in [4.69, 9.17) is 4.74 Å². The molecule has 0 atom stereocenters. The van der Waals surface area contributed by atoms with E-state index in [1.807, 2.05) is 60.9 Å². The van der Waals surface area contributed by atoms with Crippen molar-refractivity contribution >= 4 is 34.1 Å². The molecule has 0 saturated heterocycles. The Morgan fingerprint density at radius 1 is 0.862 bits per heavy atom. The minimum Gasteiger partial charge on any atom is -0.464 e. The van der Waals surface area contributed by atoms with Gasteiger partial charge in [0.1, 0.15) is 5.69 Å². The molecule has 3 N–H and O–H groups in total. The van der Waals surface area contributed by atoms with Crippen molar-refractivity contribution in [1.29, 1.82) is 0 Å². The van der Waals surface area contributed by atoms with E-state index in [0.29, 0.717) is 16.8 Å². The van der Waals surface area contributed by atoms with Gasteiger partial charge in [0.25, 0.3) is 0 Å². The molecule has 0 aliphatic rings. The number of nitrogens with one attached hydrogen (secondary N) is 3. The monoisotopic (exact) mass is 383 g/mol. The topological polar surface area (TPSA) is 90.7 Å². The fourth-order valence-electron chi connectivity index (χ4n) is 3.97. The number of benzene rings is 2. The molecule has 0 amide bonds. The average Bonchev–Trinajstić information content (AvgIpc) is 3.46. The fraction of sp³-hybridized carbons (Fsp3) is 0.0435. The molecule has 6 nitrogen and oxygen atoms in total. The summed E-state index contributed by atoms with van der Waals surface area (Å²) in [5.74, 6) is -0.528. The molecule has 0 spiro atoms. The third kappa shape index (κ3) is 2.50. The van der Waals surface area contributed by atoms with Crippen molar-refractivity contribution < 1.29 is 14.3 Å². The predicted molar refractivity (Wildman–Crippen MR) is 112 cm³/mol. The first-order valence-corrected chi connectivity index (χ1v) is 9.15. The first-order valence-electron chi connectivity index (χ1n) is 9.15. The summed E-state index contributed by atoms with van der Waals surface area (Å²) in [5.41, 5.74) is 5.45. The lowest BCUT2D eigenvalue weighted by Crippen LogP contribution is -2.03. The van der Waals surface area contributed by atoms with Gasteiger partial charge in [0.05, 0.1) is 12.8 Å². The van der Waals surface area contributed by atoms with Crippen LogP contribution in [-0.4, -0.2) is 34.3 Å². The van der Waals surface area contributed by atoms with Crippen LogP contribution in [0.15, 0.2) is 60.9 Å². The highest BCUT2D eigenvalue weighted by molar-refractivity contribution is 6.13. The van der Waals surface area contributed by atoms with E-state index in [0.717, 1.165) is 39.2 Å². The zero-order valence-electron chi connectivity index (χ0n) is 15.6. The van der Waals surface area contributed by atoms with Gasteiger partial charge in [-0.3, -0.25) is 4.79 Å². The van der Waals surface area contributed by atoms with E-state index in [1.54, 1.807) is 0 Å². The molecular formula is C23H17N3O3. The average molecular weight is 383 g/mol. The number of hydrogen-bond acceptors (Lipinski definition) is 3. The van der Waals surface area contributed by atoms with Crippen LogP contribution in [0, 0.1) is 0 Å². The molecule has 0 saturated carbocycles. The molecule has 3 heterocycles. The standard InChI is InChI=1S/C23H17N3O3/c1-29-23(28)22-21(16-11-25-18-9-5-3-7-14(16)18)20(19(12-27)26-22)15-10-24-17-8-4-2-6-13(15)17/h2-12,24-26H,1H3. The van der Waals surface area contributed by atoms with E-state index in [2.05, 4.69) is 15.0 Å². The van der Waals surface area contributed by atoms with E-state index < -0.39 is 5.97 Å². The molecule has 0 radical (unpaired) electrons. The van der Waals surface area contributed by atoms with Crippen LogP contribution in [0.2, 0.25) is 0 Å². The third-order valence-electron chi connectivity index (χ3n) is 5.25. The minimum atomic E-state index is -0.528. The number of ether oxygens (including phenoxy) is 1. The number of hydrogen-bond donors (Lipinski definition) is 3. The summed E-state index contributed by atoms with van der Waals surface area (Å²) in [6.45, 7) is 0. The van der Waals surface area contributed by atoms with Gasteiger partial charge in [-0.15, -0.1) is 0 Å². The van der Waals surface area contributed by atoms with Crippen LogP contribution in [0.5, 0.6) is 0 Å².